The van der Waals surface area contributed by atoms with Crippen molar-refractivity contribution in [2.24, 2.45) is 7.05 Å². The maximum atomic E-state index is 12.9. The summed E-state index contributed by atoms with van der Waals surface area (Å²) in [4.78, 5) is 37.7. The predicted molar refractivity (Wildman–Crippen MR) is 97.7 cm³/mol. The van der Waals surface area contributed by atoms with Gasteiger partial charge >= 0.3 is 5.97 Å². The number of aromatic nitrogens is 1. The minimum absolute atomic E-state index is 0.0915. The van der Waals surface area contributed by atoms with Crippen LogP contribution in [0.4, 0.5) is 0 Å². The Bertz CT molecular complexity index is 916. The first-order valence-electron chi connectivity index (χ1n) is 8.67. The van der Waals surface area contributed by atoms with Gasteiger partial charge in [-0.3, -0.25) is 9.59 Å². The Hall–Kier alpha value is -2.89. The highest BCUT2D eigenvalue weighted by molar-refractivity contribution is 5.92. The molecule has 3 rings (SSSR count). The van der Waals surface area contributed by atoms with Gasteiger partial charge in [0.15, 0.2) is 5.43 Å². The molecule has 136 valence electrons. The maximum absolute atomic E-state index is 12.9. The highest BCUT2D eigenvalue weighted by atomic mass is 16.4. The molecule has 1 N–H and O–H groups in total. The zero-order chi connectivity index (χ0) is 18.8. The lowest BCUT2D eigenvalue weighted by Gasteiger charge is -2.33. The number of aromatic carboxylic acids is 1. The maximum Gasteiger partial charge on any atom is 0.335 e. The summed E-state index contributed by atoms with van der Waals surface area (Å²) in [6.07, 6.45) is 1.74. The number of rotatable bonds is 3. The first-order chi connectivity index (χ1) is 12.4. The Morgan fingerprint density at radius 1 is 1.19 bits per heavy atom. The zero-order valence-corrected chi connectivity index (χ0v) is 14.9. The van der Waals surface area contributed by atoms with Crippen LogP contribution in [0.5, 0.6) is 0 Å². The number of nitrogens with zero attached hydrogens (tertiary/aromatic N) is 2. The molecule has 1 atom stereocenters. The van der Waals surface area contributed by atoms with E-state index in [1.165, 1.54) is 12.1 Å². The number of hydrogen-bond donors (Lipinski definition) is 1. The number of hydrogen-bond acceptors (Lipinski definition) is 3. The summed E-state index contributed by atoms with van der Waals surface area (Å²) in [5.74, 6) is -1.02. The molecule has 0 spiro atoms. The van der Waals surface area contributed by atoms with Gasteiger partial charge < -0.3 is 14.6 Å². The molecule has 0 saturated carbocycles. The van der Waals surface area contributed by atoms with Crippen LogP contribution in [0.2, 0.25) is 0 Å². The molecular weight excluding hydrogens is 332 g/mol. The summed E-state index contributed by atoms with van der Waals surface area (Å²) < 4.78 is 1.73. The van der Waals surface area contributed by atoms with Crippen molar-refractivity contribution in [1.82, 2.24) is 9.47 Å². The highest BCUT2D eigenvalue weighted by Crippen LogP contribution is 2.28. The number of amides is 1. The SMILES string of the molecule is Cc1cc(=O)cc(C(=O)N2CCCC(c3cccc(C(=O)O)c3)C2)n1C. The van der Waals surface area contributed by atoms with Crippen LogP contribution in [0.3, 0.4) is 0 Å². The van der Waals surface area contributed by atoms with Gasteiger partial charge in [0, 0.05) is 43.9 Å². The van der Waals surface area contributed by atoms with Crippen molar-refractivity contribution in [3.63, 3.8) is 0 Å². The third kappa shape index (κ3) is 3.54. The van der Waals surface area contributed by atoms with Crippen molar-refractivity contribution in [1.29, 1.82) is 0 Å². The number of benzene rings is 1. The first kappa shape index (κ1) is 17.9. The summed E-state index contributed by atoms with van der Waals surface area (Å²) >= 11 is 0. The molecule has 0 bridgehead atoms. The van der Waals surface area contributed by atoms with Gasteiger partial charge in [0.2, 0.25) is 0 Å². The molecule has 6 nitrogen and oxygen atoms in total. The van der Waals surface area contributed by atoms with Crippen LogP contribution >= 0.6 is 0 Å². The fraction of sp³-hybridized carbons (Fsp3) is 0.350. The third-order valence-electron chi connectivity index (χ3n) is 5.05. The van der Waals surface area contributed by atoms with Crippen LogP contribution in [-0.4, -0.2) is 39.5 Å². The predicted octanol–water partition coefficient (Wildman–Crippen LogP) is 2.41. The van der Waals surface area contributed by atoms with Crippen molar-refractivity contribution < 1.29 is 14.7 Å². The fourth-order valence-electron chi connectivity index (χ4n) is 3.49. The van der Waals surface area contributed by atoms with Gasteiger partial charge in [-0.1, -0.05) is 12.1 Å². The van der Waals surface area contributed by atoms with E-state index >= 15 is 0 Å². The van der Waals surface area contributed by atoms with Crippen LogP contribution in [-0.2, 0) is 7.05 Å². The number of piperidine rings is 1. The van der Waals surface area contributed by atoms with E-state index in [4.69, 9.17) is 0 Å². The lowest BCUT2D eigenvalue weighted by Crippen LogP contribution is -2.40. The van der Waals surface area contributed by atoms with Gasteiger partial charge in [0.1, 0.15) is 5.69 Å². The third-order valence-corrected chi connectivity index (χ3v) is 5.05. The van der Waals surface area contributed by atoms with Crippen LogP contribution in [0.25, 0.3) is 0 Å². The molecule has 1 aromatic carbocycles. The largest absolute Gasteiger partial charge is 0.478 e. The molecule has 1 fully saturated rings. The highest BCUT2D eigenvalue weighted by Gasteiger charge is 2.27. The van der Waals surface area contributed by atoms with Crippen LogP contribution in [0, 0.1) is 6.92 Å². The minimum atomic E-state index is -0.953. The van der Waals surface area contributed by atoms with Gasteiger partial charge in [0.05, 0.1) is 5.56 Å². The molecule has 2 heterocycles. The van der Waals surface area contributed by atoms with Crippen molar-refractivity contribution in [2.75, 3.05) is 13.1 Å². The molecule has 0 radical (unpaired) electrons. The van der Waals surface area contributed by atoms with E-state index in [-0.39, 0.29) is 22.8 Å². The van der Waals surface area contributed by atoms with Crippen molar-refractivity contribution >= 4 is 11.9 Å². The lowest BCUT2D eigenvalue weighted by atomic mass is 9.89. The Kier molecular flexibility index (Phi) is 4.93. The molecular formula is C20H22N2O4. The van der Waals surface area contributed by atoms with E-state index < -0.39 is 5.97 Å². The minimum Gasteiger partial charge on any atom is -0.478 e. The van der Waals surface area contributed by atoms with E-state index in [0.717, 1.165) is 24.1 Å². The second kappa shape index (κ2) is 7.15. The zero-order valence-electron chi connectivity index (χ0n) is 14.9. The Morgan fingerprint density at radius 2 is 1.96 bits per heavy atom. The van der Waals surface area contributed by atoms with Crippen molar-refractivity contribution in [3.05, 3.63) is 69.1 Å². The van der Waals surface area contributed by atoms with Crippen LogP contribution in [0.15, 0.2) is 41.2 Å². The number of pyridine rings is 1. The summed E-state index contributed by atoms with van der Waals surface area (Å²) in [7, 11) is 1.78. The second-order valence-electron chi connectivity index (χ2n) is 6.80. The Morgan fingerprint density at radius 3 is 2.69 bits per heavy atom. The molecule has 2 aromatic rings. The lowest BCUT2D eigenvalue weighted by molar-refractivity contribution is 0.0683. The Balaban J connectivity index is 1.85. The topological polar surface area (TPSA) is 79.6 Å². The Labute approximate surface area is 151 Å². The van der Waals surface area contributed by atoms with E-state index in [1.807, 2.05) is 6.07 Å². The van der Waals surface area contributed by atoms with E-state index in [1.54, 1.807) is 41.6 Å². The number of likely N-dealkylation sites (tertiary alicyclic amines) is 1. The summed E-state index contributed by atoms with van der Waals surface area (Å²) in [5.41, 5.74) is 2.14. The van der Waals surface area contributed by atoms with Crippen molar-refractivity contribution in [2.45, 2.75) is 25.7 Å². The molecule has 1 saturated heterocycles. The number of carboxylic acids is 1. The molecule has 1 unspecified atom stereocenters. The summed E-state index contributed by atoms with van der Waals surface area (Å²) in [6.45, 7) is 2.95. The molecule has 6 heteroatoms. The summed E-state index contributed by atoms with van der Waals surface area (Å²) in [5, 5.41) is 9.18. The standard InChI is InChI=1S/C20H22N2O4/c1-13-9-17(23)11-18(21(13)2)19(24)22-8-4-7-16(12-22)14-5-3-6-15(10-14)20(25)26/h3,5-6,9-11,16H,4,7-8,12H2,1-2H3,(H,25,26). The molecule has 26 heavy (non-hydrogen) atoms. The molecule has 1 amide bonds. The number of aryl methyl sites for hydroxylation is 1. The van der Waals surface area contributed by atoms with Gasteiger partial charge in [0.25, 0.3) is 5.91 Å². The van der Waals surface area contributed by atoms with Gasteiger partial charge in [-0.15, -0.1) is 0 Å². The number of carbonyl (C=O) groups excluding carboxylic acids is 1. The number of carbonyl (C=O) groups is 2. The molecule has 1 aromatic heterocycles. The monoisotopic (exact) mass is 354 g/mol. The molecule has 1 aliphatic rings. The van der Waals surface area contributed by atoms with Gasteiger partial charge in [-0.05, 0) is 37.5 Å². The number of carboxylic acid groups (broad SMARTS) is 1. The molecule has 1 aliphatic heterocycles. The van der Waals surface area contributed by atoms with Gasteiger partial charge in [-0.2, -0.15) is 0 Å². The average Bonchev–Trinajstić information content (AvgIpc) is 2.64. The normalized spacial score (nSPS) is 17.2. The smallest absolute Gasteiger partial charge is 0.335 e. The summed E-state index contributed by atoms with van der Waals surface area (Å²) in [6, 6.07) is 9.79. The van der Waals surface area contributed by atoms with Crippen LogP contribution < -0.4 is 5.43 Å². The van der Waals surface area contributed by atoms with Crippen LogP contribution in [0.1, 0.15) is 50.9 Å². The van der Waals surface area contributed by atoms with E-state index in [2.05, 4.69) is 0 Å². The first-order valence-corrected chi connectivity index (χ1v) is 8.67. The van der Waals surface area contributed by atoms with Gasteiger partial charge in [-0.25, -0.2) is 4.79 Å². The fourth-order valence-corrected chi connectivity index (χ4v) is 3.49. The molecule has 0 aliphatic carbocycles. The average molecular weight is 354 g/mol. The quantitative estimate of drug-likeness (QED) is 0.918. The van der Waals surface area contributed by atoms with E-state index in [0.29, 0.717) is 18.8 Å². The van der Waals surface area contributed by atoms with Crippen molar-refractivity contribution in [3.8, 4) is 0 Å². The van der Waals surface area contributed by atoms with E-state index in [9.17, 15) is 19.5 Å². The second-order valence-corrected chi connectivity index (χ2v) is 6.80.